The third kappa shape index (κ3) is 3.98. The lowest BCUT2D eigenvalue weighted by atomic mass is 10.3. The highest BCUT2D eigenvalue weighted by atomic mass is 35.5. The van der Waals surface area contributed by atoms with E-state index >= 15 is 0 Å². The van der Waals surface area contributed by atoms with Crippen molar-refractivity contribution in [3.8, 4) is 17.2 Å². The first-order valence-corrected chi connectivity index (χ1v) is 6.54. The Morgan fingerprint density at radius 2 is 1.74 bits per heavy atom. The van der Waals surface area contributed by atoms with Crippen LogP contribution in [0.15, 0.2) is 30.3 Å². The third-order valence-corrected chi connectivity index (χ3v) is 2.66. The summed E-state index contributed by atoms with van der Waals surface area (Å²) in [6.45, 7) is 2.75. The van der Waals surface area contributed by atoms with Crippen LogP contribution in [0.25, 0.3) is 0 Å². The standard InChI is InChI=1S/C13H12Cl2N2O2/c1-2-7-18-9-3-5-10(6-4-9)19-11-8-12(14)16-17-13(11)15/h3-6,8H,2,7H2,1H3. The van der Waals surface area contributed by atoms with Gasteiger partial charge in [0.1, 0.15) is 11.5 Å². The molecule has 0 bridgehead atoms. The maximum absolute atomic E-state index is 5.86. The minimum atomic E-state index is 0.163. The van der Waals surface area contributed by atoms with Gasteiger partial charge in [-0.3, -0.25) is 0 Å². The van der Waals surface area contributed by atoms with Crippen molar-refractivity contribution in [1.82, 2.24) is 10.2 Å². The number of ether oxygens (including phenoxy) is 2. The lowest BCUT2D eigenvalue weighted by Gasteiger charge is -2.08. The fourth-order valence-electron chi connectivity index (χ4n) is 1.36. The topological polar surface area (TPSA) is 44.2 Å². The zero-order valence-electron chi connectivity index (χ0n) is 10.3. The van der Waals surface area contributed by atoms with Crippen LogP contribution in [0.1, 0.15) is 13.3 Å². The first-order valence-electron chi connectivity index (χ1n) is 5.78. The van der Waals surface area contributed by atoms with Gasteiger partial charge >= 0.3 is 0 Å². The summed E-state index contributed by atoms with van der Waals surface area (Å²) in [5.74, 6) is 1.78. The Balaban J connectivity index is 2.08. The van der Waals surface area contributed by atoms with Crippen molar-refractivity contribution in [2.75, 3.05) is 6.61 Å². The normalized spacial score (nSPS) is 10.3. The number of aromatic nitrogens is 2. The fourth-order valence-corrected chi connectivity index (χ4v) is 1.63. The van der Waals surface area contributed by atoms with E-state index in [9.17, 15) is 0 Å². The molecule has 0 N–H and O–H groups in total. The SMILES string of the molecule is CCCOc1ccc(Oc2cc(Cl)nnc2Cl)cc1. The molecule has 0 aliphatic heterocycles. The minimum absolute atomic E-state index is 0.163. The van der Waals surface area contributed by atoms with Crippen LogP contribution in [0.5, 0.6) is 17.2 Å². The first kappa shape index (κ1) is 13.9. The van der Waals surface area contributed by atoms with Crippen molar-refractivity contribution in [1.29, 1.82) is 0 Å². The Kier molecular flexibility index (Phi) is 4.82. The van der Waals surface area contributed by atoms with Crippen LogP contribution in [-0.4, -0.2) is 16.8 Å². The molecule has 6 heteroatoms. The van der Waals surface area contributed by atoms with Crippen molar-refractivity contribution in [2.24, 2.45) is 0 Å². The largest absolute Gasteiger partial charge is 0.494 e. The van der Waals surface area contributed by atoms with Crippen LogP contribution in [0.4, 0.5) is 0 Å². The number of hydrogen-bond donors (Lipinski definition) is 0. The molecular weight excluding hydrogens is 287 g/mol. The highest BCUT2D eigenvalue weighted by Crippen LogP contribution is 2.29. The average Bonchev–Trinajstić information content (AvgIpc) is 2.42. The molecule has 4 nitrogen and oxygen atoms in total. The van der Waals surface area contributed by atoms with Gasteiger partial charge in [-0.1, -0.05) is 30.1 Å². The Morgan fingerprint density at radius 3 is 2.42 bits per heavy atom. The summed E-state index contributed by atoms with van der Waals surface area (Å²) >= 11 is 11.6. The van der Waals surface area contributed by atoms with Crippen molar-refractivity contribution < 1.29 is 9.47 Å². The van der Waals surface area contributed by atoms with Gasteiger partial charge in [0.15, 0.2) is 16.1 Å². The van der Waals surface area contributed by atoms with Crippen LogP contribution >= 0.6 is 23.2 Å². The Labute approximate surface area is 121 Å². The summed E-state index contributed by atoms with van der Waals surface area (Å²) in [5.41, 5.74) is 0. The van der Waals surface area contributed by atoms with Crippen LogP contribution in [0.2, 0.25) is 10.3 Å². The number of nitrogens with zero attached hydrogens (tertiary/aromatic N) is 2. The van der Waals surface area contributed by atoms with E-state index in [0.29, 0.717) is 18.1 Å². The van der Waals surface area contributed by atoms with Crippen LogP contribution in [-0.2, 0) is 0 Å². The fraction of sp³-hybridized carbons (Fsp3) is 0.231. The molecule has 0 fully saturated rings. The van der Waals surface area contributed by atoms with E-state index in [4.69, 9.17) is 32.7 Å². The average molecular weight is 299 g/mol. The van der Waals surface area contributed by atoms with Gasteiger partial charge in [-0.15, -0.1) is 10.2 Å². The van der Waals surface area contributed by atoms with Gasteiger partial charge in [0.25, 0.3) is 0 Å². The van der Waals surface area contributed by atoms with Gasteiger partial charge in [0.05, 0.1) is 6.61 Å². The molecule has 19 heavy (non-hydrogen) atoms. The highest BCUT2D eigenvalue weighted by Gasteiger charge is 2.07. The second-order valence-electron chi connectivity index (χ2n) is 3.74. The minimum Gasteiger partial charge on any atom is -0.494 e. The molecule has 1 aromatic carbocycles. The van der Waals surface area contributed by atoms with Crippen molar-refractivity contribution >= 4 is 23.2 Å². The molecule has 1 aromatic heterocycles. The van der Waals surface area contributed by atoms with E-state index < -0.39 is 0 Å². The predicted molar refractivity (Wildman–Crippen MR) is 74.4 cm³/mol. The number of benzene rings is 1. The predicted octanol–water partition coefficient (Wildman–Crippen LogP) is 4.36. The first-order chi connectivity index (χ1) is 9.19. The van der Waals surface area contributed by atoms with Crippen LogP contribution in [0.3, 0.4) is 0 Å². The van der Waals surface area contributed by atoms with Gasteiger partial charge in [-0.25, -0.2) is 0 Å². The molecule has 0 atom stereocenters. The van der Waals surface area contributed by atoms with E-state index in [2.05, 4.69) is 17.1 Å². The van der Waals surface area contributed by atoms with E-state index in [1.54, 1.807) is 12.1 Å². The Hall–Kier alpha value is -1.52. The monoisotopic (exact) mass is 298 g/mol. The molecule has 0 aliphatic carbocycles. The molecule has 2 aromatic rings. The summed E-state index contributed by atoms with van der Waals surface area (Å²) in [7, 11) is 0. The highest BCUT2D eigenvalue weighted by molar-refractivity contribution is 6.32. The van der Waals surface area contributed by atoms with E-state index in [0.717, 1.165) is 12.2 Å². The van der Waals surface area contributed by atoms with E-state index in [1.165, 1.54) is 6.07 Å². The summed E-state index contributed by atoms with van der Waals surface area (Å²) in [6, 6.07) is 8.74. The zero-order chi connectivity index (χ0) is 13.7. The zero-order valence-corrected chi connectivity index (χ0v) is 11.8. The van der Waals surface area contributed by atoms with Gasteiger partial charge in [0.2, 0.25) is 0 Å². The molecule has 0 saturated heterocycles. The van der Waals surface area contributed by atoms with E-state index in [-0.39, 0.29) is 10.3 Å². The molecule has 0 radical (unpaired) electrons. The van der Waals surface area contributed by atoms with Gasteiger partial charge in [-0.05, 0) is 30.7 Å². The van der Waals surface area contributed by atoms with Gasteiger partial charge in [0, 0.05) is 6.07 Å². The van der Waals surface area contributed by atoms with Crippen molar-refractivity contribution in [3.63, 3.8) is 0 Å². The molecule has 0 amide bonds. The van der Waals surface area contributed by atoms with Crippen LogP contribution < -0.4 is 9.47 Å². The van der Waals surface area contributed by atoms with E-state index in [1.807, 2.05) is 12.1 Å². The lowest BCUT2D eigenvalue weighted by molar-refractivity contribution is 0.317. The summed E-state index contributed by atoms with van der Waals surface area (Å²) < 4.78 is 11.1. The molecule has 0 spiro atoms. The summed E-state index contributed by atoms with van der Waals surface area (Å²) in [5, 5.41) is 7.67. The molecule has 0 unspecified atom stereocenters. The van der Waals surface area contributed by atoms with Crippen molar-refractivity contribution in [2.45, 2.75) is 13.3 Å². The Morgan fingerprint density at radius 1 is 1.05 bits per heavy atom. The van der Waals surface area contributed by atoms with Crippen LogP contribution in [0, 0.1) is 0 Å². The molecule has 1 heterocycles. The molecule has 2 rings (SSSR count). The summed E-state index contributed by atoms with van der Waals surface area (Å²) in [6.07, 6.45) is 0.967. The molecule has 100 valence electrons. The molecule has 0 saturated carbocycles. The smallest absolute Gasteiger partial charge is 0.194 e. The summed E-state index contributed by atoms with van der Waals surface area (Å²) in [4.78, 5) is 0. The number of hydrogen-bond acceptors (Lipinski definition) is 4. The molecular formula is C13H12Cl2N2O2. The van der Waals surface area contributed by atoms with Gasteiger partial charge in [-0.2, -0.15) is 0 Å². The third-order valence-electron chi connectivity index (χ3n) is 2.21. The second kappa shape index (κ2) is 6.59. The number of rotatable bonds is 5. The maximum Gasteiger partial charge on any atom is 0.194 e. The van der Waals surface area contributed by atoms with Crippen molar-refractivity contribution in [3.05, 3.63) is 40.6 Å². The second-order valence-corrected chi connectivity index (χ2v) is 4.49. The molecule has 0 aliphatic rings. The lowest BCUT2D eigenvalue weighted by Crippen LogP contribution is -1.95. The Bertz CT molecular complexity index is 547. The van der Waals surface area contributed by atoms with Gasteiger partial charge < -0.3 is 9.47 Å². The quantitative estimate of drug-likeness (QED) is 0.822. The maximum atomic E-state index is 5.86. The number of halogens is 2.